The molecule has 106 valence electrons. The van der Waals surface area contributed by atoms with Crippen LogP contribution in [0.5, 0.6) is 0 Å². The van der Waals surface area contributed by atoms with E-state index >= 15 is 0 Å². The molecule has 0 aliphatic rings. The third kappa shape index (κ3) is 4.90. The van der Waals surface area contributed by atoms with Gasteiger partial charge in [0.15, 0.2) is 0 Å². The molecule has 8 heteroatoms. The van der Waals surface area contributed by atoms with Crippen molar-refractivity contribution >= 4 is 24.1 Å². The van der Waals surface area contributed by atoms with Crippen molar-refractivity contribution in [2.45, 2.75) is 38.0 Å². The van der Waals surface area contributed by atoms with E-state index in [1.807, 2.05) is 20.8 Å². The van der Waals surface area contributed by atoms with Crippen LogP contribution in [-0.4, -0.2) is 39.5 Å². The third-order valence-corrected chi connectivity index (χ3v) is 3.21. The summed E-state index contributed by atoms with van der Waals surface area (Å²) in [5, 5.41) is 18.9. The molecule has 0 spiro atoms. The highest BCUT2D eigenvalue weighted by molar-refractivity contribution is 7.98. The number of carbonyl (C=O) groups excluding carboxylic acids is 1. The molecule has 0 fully saturated rings. The summed E-state index contributed by atoms with van der Waals surface area (Å²) in [5.74, 6) is 0.573. The molecule has 0 saturated heterocycles. The van der Waals surface area contributed by atoms with Crippen LogP contribution in [0.3, 0.4) is 0 Å². The smallest absolute Gasteiger partial charge is 0.327 e. The van der Waals surface area contributed by atoms with Crippen molar-refractivity contribution in [1.82, 2.24) is 15.5 Å². The van der Waals surface area contributed by atoms with Crippen LogP contribution in [0.4, 0.5) is 0 Å². The molecule has 0 bridgehead atoms. The summed E-state index contributed by atoms with van der Waals surface area (Å²) in [6.07, 6.45) is 0.379. The topological polar surface area (TPSA) is 105 Å². The molecule has 1 aromatic rings. The number of nitrogens with one attached hydrogen (secondary N) is 1. The number of hydrogen-bond acceptors (Lipinski definition) is 6. The molecule has 1 amide bonds. The van der Waals surface area contributed by atoms with E-state index in [0.29, 0.717) is 23.9 Å². The lowest BCUT2D eigenvalue weighted by atomic mass is 9.97. The Hall–Kier alpha value is -1.57. The van der Waals surface area contributed by atoms with E-state index in [2.05, 4.69) is 15.5 Å². The zero-order valence-corrected chi connectivity index (χ0v) is 11.9. The number of carboxylic acid groups (broad SMARTS) is 1. The van der Waals surface area contributed by atoms with E-state index in [1.54, 1.807) is 0 Å². The van der Waals surface area contributed by atoms with Crippen LogP contribution >= 0.6 is 11.8 Å². The predicted octanol–water partition coefficient (Wildman–Crippen LogP) is 0.799. The van der Waals surface area contributed by atoms with Gasteiger partial charge in [-0.15, -0.1) is 22.0 Å². The van der Waals surface area contributed by atoms with Crippen molar-refractivity contribution in [3.05, 3.63) is 11.8 Å². The van der Waals surface area contributed by atoms with Gasteiger partial charge < -0.3 is 14.8 Å². The number of amides is 1. The largest absolute Gasteiger partial charge is 0.480 e. The average molecular weight is 287 g/mol. The highest BCUT2D eigenvalue weighted by Crippen LogP contribution is 2.22. The number of hydrogen-bond donors (Lipinski definition) is 2. The number of thioether (sulfide) groups is 1. The number of aliphatic carboxylic acids is 1. The van der Waals surface area contributed by atoms with Gasteiger partial charge in [-0.05, 0) is 0 Å². The van der Waals surface area contributed by atoms with Crippen molar-refractivity contribution in [2.75, 3.05) is 5.75 Å². The first-order valence-electron chi connectivity index (χ1n) is 5.67. The minimum absolute atomic E-state index is 0.210. The molecule has 1 aromatic heterocycles. The Morgan fingerprint density at radius 2 is 2.21 bits per heavy atom. The number of aromatic nitrogens is 2. The first kappa shape index (κ1) is 15.5. The Kier molecular flexibility index (Phi) is 5.34. The molecule has 1 heterocycles. The van der Waals surface area contributed by atoms with Gasteiger partial charge in [-0.3, -0.25) is 4.79 Å². The number of carbonyl (C=O) groups is 2. The van der Waals surface area contributed by atoms with Crippen molar-refractivity contribution in [2.24, 2.45) is 0 Å². The summed E-state index contributed by atoms with van der Waals surface area (Å²) in [5.41, 5.74) is -0.210. The van der Waals surface area contributed by atoms with Crippen LogP contribution in [0.1, 0.15) is 32.6 Å². The fourth-order valence-electron chi connectivity index (χ4n) is 1.15. The van der Waals surface area contributed by atoms with Crippen molar-refractivity contribution in [3.63, 3.8) is 0 Å². The lowest BCUT2D eigenvalue weighted by Gasteiger charge is -2.11. The van der Waals surface area contributed by atoms with E-state index in [4.69, 9.17) is 9.52 Å². The summed E-state index contributed by atoms with van der Waals surface area (Å²) in [6.45, 7) is 5.89. The van der Waals surface area contributed by atoms with Crippen LogP contribution in [0, 0.1) is 0 Å². The lowest BCUT2D eigenvalue weighted by Crippen LogP contribution is -2.37. The van der Waals surface area contributed by atoms with E-state index < -0.39 is 12.0 Å². The second-order valence-corrected chi connectivity index (χ2v) is 5.97. The quantitative estimate of drug-likeness (QED) is 0.714. The summed E-state index contributed by atoms with van der Waals surface area (Å²) < 4.78 is 5.47. The maximum Gasteiger partial charge on any atom is 0.327 e. The monoisotopic (exact) mass is 287 g/mol. The highest BCUT2D eigenvalue weighted by Gasteiger charge is 2.22. The van der Waals surface area contributed by atoms with Crippen molar-refractivity contribution < 1.29 is 19.1 Å². The Bertz CT molecular complexity index is 441. The fourth-order valence-corrected chi connectivity index (χ4v) is 2.04. The van der Waals surface area contributed by atoms with Gasteiger partial charge in [-0.25, -0.2) is 4.79 Å². The van der Waals surface area contributed by atoms with Gasteiger partial charge in [-0.2, -0.15) is 0 Å². The summed E-state index contributed by atoms with van der Waals surface area (Å²) >= 11 is 1.31. The van der Waals surface area contributed by atoms with Crippen LogP contribution in [0.15, 0.2) is 4.42 Å². The number of nitrogens with zero attached hydrogens (tertiary/aromatic N) is 2. The summed E-state index contributed by atoms with van der Waals surface area (Å²) in [4.78, 5) is 21.0. The van der Waals surface area contributed by atoms with Gasteiger partial charge in [0, 0.05) is 11.2 Å². The number of carboxylic acids is 1. The predicted molar refractivity (Wildman–Crippen MR) is 69.8 cm³/mol. The standard InChI is InChI=1S/C11H17N3O4S/c1-11(2,3)10-14-13-8(18-10)5-19-4-7(9(16)17)12-6-15/h6-7H,4-5H2,1-3H3,(H,12,15)(H,16,17). The van der Waals surface area contributed by atoms with Crippen LogP contribution in [0.25, 0.3) is 0 Å². The highest BCUT2D eigenvalue weighted by atomic mass is 32.2. The van der Waals surface area contributed by atoms with E-state index in [-0.39, 0.29) is 11.2 Å². The molecular weight excluding hydrogens is 270 g/mol. The van der Waals surface area contributed by atoms with Gasteiger partial charge in [0.05, 0.1) is 5.75 Å². The van der Waals surface area contributed by atoms with E-state index in [9.17, 15) is 9.59 Å². The lowest BCUT2D eigenvalue weighted by molar-refractivity contribution is -0.139. The van der Waals surface area contributed by atoms with Crippen LogP contribution in [-0.2, 0) is 20.8 Å². The molecule has 2 N–H and O–H groups in total. The molecule has 0 aromatic carbocycles. The van der Waals surface area contributed by atoms with Gasteiger partial charge >= 0.3 is 5.97 Å². The fraction of sp³-hybridized carbons (Fsp3) is 0.636. The van der Waals surface area contributed by atoms with Gasteiger partial charge in [0.1, 0.15) is 6.04 Å². The first-order chi connectivity index (χ1) is 8.84. The van der Waals surface area contributed by atoms with Crippen LogP contribution < -0.4 is 5.32 Å². The van der Waals surface area contributed by atoms with Crippen molar-refractivity contribution in [3.8, 4) is 0 Å². The molecule has 1 atom stereocenters. The normalized spacial score (nSPS) is 13.0. The third-order valence-electron chi connectivity index (χ3n) is 2.19. The molecular formula is C11H17N3O4S. The maximum absolute atomic E-state index is 10.8. The Morgan fingerprint density at radius 1 is 1.53 bits per heavy atom. The minimum atomic E-state index is -1.07. The average Bonchev–Trinajstić information content (AvgIpc) is 2.76. The molecule has 0 radical (unpaired) electrons. The molecule has 0 aliphatic heterocycles. The summed E-state index contributed by atoms with van der Waals surface area (Å²) in [6, 6.07) is -0.910. The Balaban J connectivity index is 2.46. The maximum atomic E-state index is 10.8. The molecule has 19 heavy (non-hydrogen) atoms. The zero-order valence-electron chi connectivity index (χ0n) is 11.0. The minimum Gasteiger partial charge on any atom is -0.480 e. The second kappa shape index (κ2) is 6.55. The SMILES string of the molecule is CC(C)(C)c1nnc(CSCC(NC=O)C(=O)O)o1. The Labute approximate surface area is 115 Å². The first-order valence-corrected chi connectivity index (χ1v) is 6.83. The molecule has 1 unspecified atom stereocenters. The summed E-state index contributed by atoms with van der Waals surface area (Å²) in [7, 11) is 0. The second-order valence-electron chi connectivity index (χ2n) is 4.94. The zero-order chi connectivity index (χ0) is 14.5. The van der Waals surface area contributed by atoms with Gasteiger partial charge in [-0.1, -0.05) is 20.8 Å². The van der Waals surface area contributed by atoms with Crippen LogP contribution in [0.2, 0.25) is 0 Å². The molecule has 1 rings (SSSR count). The Morgan fingerprint density at radius 3 is 2.68 bits per heavy atom. The molecule has 0 saturated carbocycles. The van der Waals surface area contributed by atoms with E-state index in [1.165, 1.54) is 11.8 Å². The molecule has 7 nitrogen and oxygen atoms in total. The van der Waals surface area contributed by atoms with E-state index in [0.717, 1.165) is 0 Å². The van der Waals surface area contributed by atoms with Gasteiger partial charge in [0.2, 0.25) is 18.2 Å². The number of rotatable bonds is 7. The molecule has 0 aliphatic carbocycles. The van der Waals surface area contributed by atoms with Gasteiger partial charge in [0.25, 0.3) is 0 Å². The van der Waals surface area contributed by atoms with Crippen molar-refractivity contribution in [1.29, 1.82) is 0 Å².